The molecule has 1 atom stereocenters. The molecule has 30 heavy (non-hydrogen) atoms. The first-order valence-corrected chi connectivity index (χ1v) is 12.3. The van der Waals surface area contributed by atoms with Crippen LogP contribution in [0.5, 0.6) is 0 Å². The number of carbonyl (C=O) groups is 3. The van der Waals surface area contributed by atoms with Gasteiger partial charge in [0.1, 0.15) is 17.9 Å². The van der Waals surface area contributed by atoms with Crippen molar-refractivity contribution in [3.63, 3.8) is 0 Å². The quantitative estimate of drug-likeness (QED) is 0.150. The number of ether oxygens (including phenoxy) is 1. The molecule has 1 N–H and O–H groups in total. The molecule has 0 aliphatic carbocycles. The summed E-state index contributed by atoms with van der Waals surface area (Å²) in [6.07, 6.45) is 18.1. The molecule has 0 heterocycles. The van der Waals surface area contributed by atoms with Gasteiger partial charge in [0.2, 0.25) is 5.91 Å². The van der Waals surface area contributed by atoms with Crippen molar-refractivity contribution in [3.8, 4) is 0 Å². The van der Waals surface area contributed by atoms with Gasteiger partial charge < -0.3 is 14.8 Å². The molecule has 0 aromatic rings. The molecule has 0 aromatic carbocycles. The van der Waals surface area contributed by atoms with E-state index in [-0.39, 0.29) is 18.7 Å². The first-order valence-electron chi connectivity index (χ1n) is 12.3. The number of esters is 1. The summed E-state index contributed by atoms with van der Waals surface area (Å²) in [7, 11) is 0. The zero-order valence-electron chi connectivity index (χ0n) is 20.1. The Hall–Kier alpha value is -1.39. The SMILES string of the molecule is CCCCCCCCCCCCCCCC(=O)NC(CCC=O)C(=O)OC(C)(C)C. The van der Waals surface area contributed by atoms with Gasteiger partial charge in [-0.15, -0.1) is 0 Å². The van der Waals surface area contributed by atoms with Crippen molar-refractivity contribution in [2.24, 2.45) is 0 Å². The first kappa shape index (κ1) is 28.6. The maximum atomic E-state index is 12.2. The number of hydrogen-bond acceptors (Lipinski definition) is 4. The minimum atomic E-state index is -0.746. The average Bonchev–Trinajstić information content (AvgIpc) is 2.67. The molecule has 5 nitrogen and oxygen atoms in total. The monoisotopic (exact) mass is 425 g/mol. The second-order valence-corrected chi connectivity index (χ2v) is 9.39. The van der Waals surface area contributed by atoms with Gasteiger partial charge in [0.15, 0.2) is 0 Å². The summed E-state index contributed by atoms with van der Waals surface area (Å²) in [5, 5.41) is 2.75. The van der Waals surface area contributed by atoms with Gasteiger partial charge in [-0.3, -0.25) is 4.79 Å². The number of carbonyl (C=O) groups excluding carboxylic acids is 3. The van der Waals surface area contributed by atoms with Crippen LogP contribution in [0.4, 0.5) is 0 Å². The first-order chi connectivity index (χ1) is 14.3. The Balaban J connectivity index is 3.80. The number of amides is 1. The molecule has 0 rings (SSSR count). The lowest BCUT2D eigenvalue weighted by Crippen LogP contribution is -2.44. The van der Waals surface area contributed by atoms with E-state index in [1.54, 1.807) is 20.8 Å². The Morgan fingerprint density at radius 1 is 0.833 bits per heavy atom. The van der Waals surface area contributed by atoms with Gasteiger partial charge >= 0.3 is 5.97 Å². The van der Waals surface area contributed by atoms with Crippen LogP contribution in [0, 0.1) is 0 Å². The highest BCUT2D eigenvalue weighted by atomic mass is 16.6. The third-order valence-corrected chi connectivity index (χ3v) is 5.11. The maximum absolute atomic E-state index is 12.2. The summed E-state index contributed by atoms with van der Waals surface area (Å²) in [6.45, 7) is 7.62. The van der Waals surface area contributed by atoms with Crippen molar-refractivity contribution in [2.45, 2.75) is 142 Å². The molecular formula is C25H47NO4. The molecule has 176 valence electrons. The average molecular weight is 426 g/mol. The third-order valence-electron chi connectivity index (χ3n) is 5.11. The Bertz CT molecular complexity index is 457. The highest BCUT2D eigenvalue weighted by molar-refractivity contribution is 5.84. The third kappa shape index (κ3) is 18.6. The van der Waals surface area contributed by atoms with Gasteiger partial charge in [-0.05, 0) is 33.6 Å². The van der Waals surface area contributed by atoms with Crippen LogP contribution < -0.4 is 5.32 Å². The van der Waals surface area contributed by atoms with E-state index in [9.17, 15) is 14.4 Å². The zero-order chi connectivity index (χ0) is 22.7. The highest BCUT2D eigenvalue weighted by Crippen LogP contribution is 2.14. The molecular weight excluding hydrogens is 378 g/mol. The summed E-state index contributed by atoms with van der Waals surface area (Å²) >= 11 is 0. The number of nitrogens with one attached hydrogen (secondary N) is 1. The van der Waals surface area contributed by atoms with E-state index in [2.05, 4.69) is 12.2 Å². The lowest BCUT2D eigenvalue weighted by atomic mass is 10.0. The van der Waals surface area contributed by atoms with E-state index in [1.165, 1.54) is 64.2 Å². The molecule has 0 aliphatic rings. The van der Waals surface area contributed by atoms with Crippen molar-refractivity contribution in [3.05, 3.63) is 0 Å². The largest absolute Gasteiger partial charge is 0.458 e. The predicted octanol–water partition coefficient (Wildman–Crippen LogP) is 6.27. The van der Waals surface area contributed by atoms with Crippen LogP contribution in [0.1, 0.15) is 130 Å². The van der Waals surface area contributed by atoms with E-state index in [4.69, 9.17) is 4.74 Å². The van der Waals surface area contributed by atoms with Crippen LogP contribution in [0.3, 0.4) is 0 Å². The Kier molecular flexibility index (Phi) is 17.5. The molecule has 0 radical (unpaired) electrons. The van der Waals surface area contributed by atoms with E-state index < -0.39 is 17.6 Å². The summed E-state index contributed by atoms with van der Waals surface area (Å²) in [5.74, 6) is -0.608. The molecule has 0 spiro atoms. The van der Waals surface area contributed by atoms with Gasteiger partial charge in [0.25, 0.3) is 0 Å². The van der Waals surface area contributed by atoms with Crippen LogP contribution in [0.2, 0.25) is 0 Å². The van der Waals surface area contributed by atoms with Crippen molar-refractivity contribution in [1.29, 1.82) is 0 Å². The van der Waals surface area contributed by atoms with Crippen LogP contribution in [-0.4, -0.2) is 29.8 Å². The minimum absolute atomic E-state index is 0.139. The summed E-state index contributed by atoms with van der Waals surface area (Å²) < 4.78 is 5.35. The lowest BCUT2D eigenvalue weighted by molar-refractivity contribution is -0.158. The Morgan fingerprint density at radius 2 is 1.30 bits per heavy atom. The van der Waals surface area contributed by atoms with Crippen LogP contribution >= 0.6 is 0 Å². The van der Waals surface area contributed by atoms with Crippen molar-refractivity contribution < 1.29 is 19.1 Å². The van der Waals surface area contributed by atoms with E-state index in [1.807, 2.05) is 0 Å². The van der Waals surface area contributed by atoms with Gasteiger partial charge in [-0.1, -0.05) is 84.0 Å². The number of aldehydes is 1. The second kappa shape index (κ2) is 18.4. The van der Waals surface area contributed by atoms with E-state index in [0.717, 1.165) is 25.5 Å². The highest BCUT2D eigenvalue weighted by Gasteiger charge is 2.26. The van der Waals surface area contributed by atoms with Crippen LogP contribution in [0.15, 0.2) is 0 Å². The number of unbranched alkanes of at least 4 members (excludes halogenated alkanes) is 12. The van der Waals surface area contributed by atoms with Crippen molar-refractivity contribution in [2.75, 3.05) is 0 Å². The fraction of sp³-hybridized carbons (Fsp3) is 0.880. The molecule has 0 aliphatic heterocycles. The van der Waals surface area contributed by atoms with Crippen LogP contribution in [0.25, 0.3) is 0 Å². The van der Waals surface area contributed by atoms with Crippen molar-refractivity contribution in [1.82, 2.24) is 5.32 Å². The molecule has 1 unspecified atom stereocenters. The van der Waals surface area contributed by atoms with E-state index >= 15 is 0 Å². The van der Waals surface area contributed by atoms with Gasteiger partial charge in [0, 0.05) is 12.8 Å². The normalized spacial score (nSPS) is 12.4. The standard InChI is InChI=1S/C25H47NO4/c1-5-6-7-8-9-10-11-12-13-14-15-16-17-20-23(28)26-22(19-18-21-27)24(29)30-25(2,3)4/h21-22H,5-20H2,1-4H3,(H,26,28). The molecule has 0 saturated carbocycles. The zero-order valence-corrected chi connectivity index (χ0v) is 20.1. The molecule has 0 saturated heterocycles. The predicted molar refractivity (Wildman–Crippen MR) is 123 cm³/mol. The topological polar surface area (TPSA) is 72.5 Å². The van der Waals surface area contributed by atoms with Gasteiger partial charge in [-0.25, -0.2) is 4.79 Å². The summed E-state index contributed by atoms with van der Waals surface area (Å²) in [4.78, 5) is 35.1. The van der Waals surface area contributed by atoms with Gasteiger partial charge in [-0.2, -0.15) is 0 Å². The summed E-state index contributed by atoms with van der Waals surface area (Å²) in [6, 6.07) is -0.746. The van der Waals surface area contributed by atoms with Gasteiger partial charge in [0.05, 0.1) is 0 Å². The number of hydrogen-bond donors (Lipinski definition) is 1. The molecule has 5 heteroatoms. The fourth-order valence-electron chi connectivity index (χ4n) is 3.43. The molecule has 1 amide bonds. The fourth-order valence-corrected chi connectivity index (χ4v) is 3.43. The molecule has 0 aromatic heterocycles. The lowest BCUT2D eigenvalue weighted by Gasteiger charge is -2.24. The Morgan fingerprint density at radius 3 is 1.73 bits per heavy atom. The minimum Gasteiger partial charge on any atom is -0.458 e. The second-order valence-electron chi connectivity index (χ2n) is 9.39. The van der Waals surface area contributed by atoms with E-state index in [0.29, 0.717) is 6.42 Å². The molecule has 0 bridgehead atoms. The van der Waals surface area contributed by atoms with Crippen LogP contribution in [-0.2, 0) is 19.1 Å². The Labute approximate surface area is 185 Å². The van der Waals surface area contributed by atoms with Crippen molar-refractivity contribution >= 4 is 18.2 Å². The smallest absolute Gasteiger partial charge is 0.329 e. The number of rotatable bonds is 19. The summed E-state index contributed by atoms with van der Waals surface area (Å²) in [5.41, 5.74) is -0.615. The maximum Gasteiger partial charge on any atom is 0.329 e. The molecule has 0 fully saturated rings.